The molecule has 0 atom stereocenters. The molecule has 0 radical (unpaired) electrons. The van der Waals surface area contributed by atoms with Gasteiger partial charge in [0, 0.05) is 22.1 Å². The van der Waals surface area contributed by atoms with Crippen molar-refractivity contribution in [1.82, 2.24) is 5.32 Å². The number of halogens is 2. The maximum atomic E-state index is 14.3. The summed E-state index contributed by atoms with van der Waals surface area (Å²) in [6.45, 7) is 6.44. The molecule has 0 aliphatic rings. The van der Waals surface area contributed by atoms with Gasteiger partial charge in [0.2, 0.25) is 0 Å². The maximum absolute atomic E-state index is 14.3. The van der Waals surface area contributed by atoms with Crippen LogP contribution in [0.4, 0.5) is 10.1 Å². The lowest BCUT2D eigenvalue weighted by Crippen LogP contribution is -2.16. The lowest BCUT2D eigenvalue weighted by atomic mass is 10.0. The number of nitrogens with one attached hydrogen (secondary N) is 2. The van der Waals surface area contributed by atoms with Crippen LogP contribution in [-0.2, 0) is 0 Å². The SMILES string of the molecule is C=CCCNCCCCCCNc1ccc(C(=O)c2ccc(Br)cc2)cc1F. The number of hydrogen-bond donors (Lipinski definition) is 2. The van der Waals surface area contributed by atoms with E-state index >= 15 is 0 Å². The van der Waals surface area contributed by atoms with Crippen LogP contribution in [0.3, 0.4) is 0 Å². The highest BCUT2D eigenvalue weighted by Crippen LogP contribution is 2.19. The van der Waals surface area contributed by atoms with Crippen molar-refractivity contribution in [1.29, 1.82) is 0 Å². The number of anilines is 1. The van der Waals surface area contributed by atoms with Gasteiger partial charge in [-0.25, -0.2) is 4.39 Å². The molecule has 0 bridgehead atoms. The van der Waals surface area contributed by atoms with Crippen LogP contribution in [-0.4, -0.2) is 25.4 Å². The zero-order valence-corrected chi connectivity index (χ0v) is 17.7. The molecule has 2 rings (SSSR count). The van der Waals surface area contributed by atoms with E-state index in [1.807, 2.05) is 6.08 Å². The molecule has 5 heteroatoms. The molecule has 0 spiro atoms. The van der Waals surface area contributed by atoms with Crippen LogP contribution in [0.1, 0.15) is 48.0 Å². The standard InChI is InChI=1S/C23H28BrFN2O/c1-2-3-14-26-15-6-4-5-7-16-27-22-13-10-19(17-21(22)25)23(28)18-8-11-20(24)12-9-18/h2,8-13,17,26-27H,1,3-7,14-16H2. The number of rotatable bonds is 13. The largest absolute Gasteiger partial charge is 0.383 e. The average molecular weight is 447 g/mol. The molecule has 0 fully saturated rings. The highest BCUT2D eigenvalue weighted by Gasteiger charge is 2.12. The zero-order valence-electron chi connectivity index (χ0n) is 16.1. The monoisotopic (exact) mass is 446 g/mol. The smallest absolute Gasteiger partial charge is 0.193 e. The number of carbonyl (C=O) groups excluding carboxylic acids is 1. The Morgan fingerprint density at radius 3 is 2.32 bits per heavy atom. The molecule has 0 heterocycles. The van der Waals surface area contributed by atoms with Gasteiger partial charge < -0.3 is 10.6 Å². The Labute approximate surface area is 175 Å². The van der Waals surface area contributed by atoms with Crippen LogP contribution in [0.2, 0.25) is 0 Å². The number of benzene rings is 2. The number of hydrogen-bond acceptors (Lipinski definition) is 3. The first kappa shape index (κ1) is 22.3. The quantitative estimate of drug-likeness (QED) is 0.226. The summed E-state index contributed by atoms with van der Waals surface area (Å²) in [6, 6.07) is 11.7. The fourth-order valence-electron chi connectivity index (χ4n) is 2.85. The molecule has 0 saturated heterocycles. The van der Waals surface area contributed by atoms with E-state index < -0.39 is 5.82 Å². The summed E-state index contributed by atoms with van der Waals surface area (Å²) in [4.78, 5) is 12.5. The molecule has 0 unspecified atom stereocenters. The van der Waals surface area contributed by atoms with Gasteiger partial charge in [-0.2, -0.15) is 0 Å². The van der Waals surface area contributed by atoms with Crippen LogP contribution in [0.5, 0.6) is 0 Å². The van der Waals surface area contributed by atoms with E-state index in [9.17, 15) is 9.18 Å². The first-order valence-electron chi connectivity index (χ1n) is 9.77. The van der Waals surface area contributed by atoms with Crippen molar-refractivity contribution in [2.45, 2.75) is 32.1 Å². The van der Waals surface area contributed by atoms with E-state index in [2.05, 4.69) is 33.1 Å². The summed E-state index contributed by atoms with van der Waals surface area (Å²) < 4.78 is 15.2. The average Bonchev–Trinajstić information content (AvgIpc) is 2.70. The van der Waals surface area contributed by atoms with Gasteiger partial charge in [-0.15, -0.1) is 6.58 Å². The second-order valence-corrected chi connectivity index (χ2v) is 7.61. The van der Waals surface area contributed by atoms with E-state index in [-0.39, 0.29) is 5.78 Å². The van der Waals surface area contributed by atoms with Gasteiger partial charge in [0.15, 0.2) is 5.78 Å². The summed E-state index contributed by atoms with van der Waals surface area (Å²) >= 11 is 3.34. The first-order valence-corrected chi connectivity index (χ1v) is 10.6. The van der Waals surface area contributed by atoms with Crippen molar-refractivity contribution in [2.75, 3.05) is 25.0 Å². The summed E-state index contributed by atoms with van der Waals surface area (Å²) in [5, 5.41) is 6.50. The third-order valence-corrected chi connectivity index (χ3v) is 4.99. The zero-order chi connectivity index (χ0) is 20.2. The Kier molecular flexibility index (Phi) is 9.94. The summed E-state index contributed by atoms with van der Waals surface area (Å²) in [7, 11) is 0. The summed E-state index contributed by atoms with van der Waals surface area (Å²) in [5.41, 5.74) is 1.34. The molecule has 0 aliphatic heterocycles. The van der Waals surface area contributed by atoms with Gasteiger partial charge >= 0.3 is 0 Å². The van der Waals surface area contributed by atoms with Crippen molar-refractivity contribution in [3.8, 4) is 0 Å². The molecule has 2 aromatic rings. The Hall–Kier alpha value is -1.98. The van der Waals surface area contributed by atoms with Crippen LogP contribution < -0.4 is 10.6 Å². The molecule has 28 heavy (non-hydrogen) atoms. The first-order chi connectivity index (χ1) is 13.6. The van der Waals surface area contributed by atoms with Crippen molar-refractivity contribution in [3.05, 3.63) is 76.5 Å². The van der Waals surface area contributed by atoms with Crippen LogP contribution in [0.15, 0.2) is 59.6 Å². The molecule has 2 aromatic carbocycles. The van der Waals surface area contributed by atoms with Gasteiger partial charge in [0.1, 0.15) is 5.82 Å². The molecule has 0 aliphatic carbocycles. The third kappa shape index (κ3) is 7.56. The van der Waals surface area contributed by atoms with Gasteiger partial charge in [0.25, 0.3) is 0 Å². The van der Waals surface area contributed by atoms with E-state index in [4.69, 9.17) is 0 Å². The van der Waals surface area contributed by atoms with E-state index in [1.54, 1.807) is 36.4 Å². The molecular weight excluding hydrogens is 419 g/mol. The third-order valence-electron chi connectivity index (χ3n) is 4.46. The summed E-state index contributed by atoms with van der Waals surface area (Å²) in [5.74, 6) is -0.575. The minimum absolute atomic E-state index is 0.181. The van der Waals surface area contributed by atoms with Crippen LogP contribution >= 0.6 is 15.9 Å². The second-order valence-electron chi connectivity index (χ2n) is 6.70. The Bertz CT molecular complexity index is 762. The maximum Gasteiger partial charge on any atom is 0.193 e. The Morgan fingerprint density at radius 1 is 0.964 bits per heavy atom. The fraction of sp³-hybridized carbons (Fsp3) is 0.348. The van der Waals surface area contributed by atoms with Gasteiger partial charge in [-0.05, 0) is 74.8 Å². The molecule has 0 saturated carbocycles. The van der Waals surface area contributed by atoms with Crippen molar-refractivity contribution in [3.63, 3.8) is 0 Å². The van der Waals surface area contributed by atoms with Crippen LogP contribution in [0.25, 0.3) is 0 Å². The predicted molar refractivity (Wildman–Crippen MR) is 119 cm³/mol. The lowest BCUT2D eigenvalue weighted by molar-refractivity contribution is 0.103. The Balaban J connectivity index is 1.71. The van der Waals surface area contributed by atoms with Crippen molar-refractivity contribution in [2.24, 2.45) is 0 Å². The number of carbonyl (C=O) groups is 1. The Morgan fingerprint density at radius 2 is 1.64 bits per heavy atom. The molecule has 3 nitrogen and oxygen atoms in total. The number of unbranched alkanes of at least 4 members (excludes halogenated alkanes) is 3. The van der Waals surface area contributed by atoms with Crippen molar-refractivity contribution >= 4 is 27.4 Å². The lowest BCUT2D eigenvalue weighted by Gasteiger charge is -2.09. The van der Waals surface area contributed by atoms with E-state index in [0.29, 0.717) is 16.8 Å². The predicted octanol–water partition coefficient (Wildman–Crippen LogP) is 5.96. The van der Waals surface area contributed by atoms with Gasteiger partial charge in [-0.1, -0.05) is 34.8 Å². The highest BCUT2D eigenvalue weighted by molar-refractivity contribution is 9.10. The van der Waals surface area contributed by atoms with E-state index in [0.717, 1.165) is 56.2 Å². The van der Waals surface area contributed by atoms with Gasteiger partial charge in [-0.3, -0.25) is 4.79 Å². The van der Waals surface area contributed by atoms with E-state index in [1.165, 1.54) is 6.07 Å². The fourth-order valence-corrected chi connectivity index (χ4v) is 3.11. The molecule has 150 valence electrons. The molecule has 2 N–H and O–H groups in total. The van der Waals surface area contributed by atoms with Crippen molar-refractivity contribution < 1.29 is 9.18 Å². The molecular formula is C23H28BrFN2O. The molecule has 0 aromatic heterocycles. The van der Waals surface area contributed by atoms with Gasteiger partial charge in [0.05, 0.1) is 5.69 Å². The highest BCUT2D eigenvalue weighted by atomic mass is 79.9. The molecule has 0 amide bonds. The minimum Gasteiger partial charge on any atom is -0.383 e. The minimum atomic E-state index is -0.394. The second kappa shape index (κ2) is 12.5. The topological polar surface area (TPSA) is 41.1 Å². The number of ketones is 1. The summed E-state index contributed by atoms with van der Waals surface area (Å²) in [6.07, 6.45) is 7.33. The normalized spacial score (nSPS) is 10.6. The van der Waals surface area contributed by atoms with Crippen LogP contribution in [0, 0.1) is 5.82 Å².